The molecule has 8 nitrogen and oxygen atoms in total. The smallest absolute Gasteiger partial charge is 0.295 e. The molecule has 2 aromatic heterocycles. The second-order valence-corrected chi connectivity index (χ2v) is 7.37. The fraction of sp³-hybridized carbons (Fsp3) is 0.381. The number of hydrogen-bond acceptors (Lipinski definition) is 7. The molecule has 3 heterocycles. The molecule has 2 N–H and O–H groups in total. The number of aliphatic hydroxyl groups is 1. The standard InChI is InChI=1S/C21H23F2N5O3/c1-27-19-16(10-17(20(27)30)28-5-7-31-8-6-28)18(25-13-26-19)24-11-14-3-2-4-15(9-14)21(22,23)12-29/h2-4,9-10,13,29H,5-8,11-12H2,1H3,(H,24,25,26). The average molecular weight is 431 g/mol. The van der Waals surface area contributed by atoms with Crippen molar-refractivity contribution in [3.8, 4) is 0 Å². The zero-order valence-corrected chi connectivity index (χ0v) is 17.0. The fourth-order valence-corrected chi connectivity index (χ4v) is 3.61. The first-order valence-electron chi connectivity index (χ1n) is 9.90. The van der Waals surface area contributed by atoms with Crippen LogP contribution in [0.5, 0.6) is 0 Å². The first kappa shape index (κ1) is 21.1. The number of anilines is 2. The topological polar surface area (TPSA) is 92.5 Å². The van der Waals surface area contributed by atoms with Crippen LogP contribution in [0.1, 0.15) is 11.1 Å². The summed E-state index contributed by atoms with van der Waals surface area (Å²) in [5.41, 5.74) is 1.22. The third-order valence-corrected chi connectivity index (χ3v) is 5.35. The van der Waals surface area contributed by atoms with Gasteiger partial charge in [-0.15, -0.1) is 0 Å². The molecule has 31 heavy (non-hydrogen) atoms. The van der Waals surface area contributed by atoms with Crippen LogP contribution in [0.3, 0.4) is 0 Å². The first-order valence-corrected chi connectivity index (χ1v) is 9.90. The minimum absolute atomic E-state index is 0.155. The second-order valence-electron chi connectivity index (χ2n) is 7.37. The Morgan fingerprint density at radius 3 is 2.74 bits per heavy atom. The van der Waals surface area contributed by atoms with Gasteiger partial charge in [0.1, 0.15) is 30.1 Å². The number of benzene rings is 1. The van der Waals surface area contributed by atoms with Crippen molar-refractivity contribution in [2.45, 2.75) is 12.5 Å². The van der Waals surface area contributed by atoms with Crippen LogP contribution < -0.4 is 15.8 Å². The molecular weight excluding hydrogens is 408 g/mol. The van der Waals surface area contributed by atoms with Crippen LogP contribution in [0, 0.1) is 0 Å². The van der Waals surface area contributed by atoms with Crippen LogP contribution in [0.15, 0.2) is 41.5 Å². The van der Waals surface area contributed by atoms with Gasteiger partial charge in [0.2, 0.25) is 0 Å². The normalized spacial score (nSPS) is 14.8. The van der Waals surface area contributed by atoms with E-state index in [-0.39, 0.29) is 17.7 Å². The molecule has 0 saturated carbocycles. The van der Waals surface area contributed by atoms with E-state index in [0.29, 0.717) is 54.4 Å². The minimum atomic E-state index is -3.30. The summed E-state index contributed by atoms with van der Waals surface area (Å²) >= 11 is 0. The Kier molecular flexibility index (Phi) is 5.84. The molecule has 10 heteroatoms. The van der Waals surface area contributed by atoms with E-state index in [1.807, 2.05) is 4.90 Å². The lowest BCUT2D eigenvalue weighted by Crippen LogP contribution is -2.40. The Labute approximate surface area is 177 Å². The third-order valence-electron chi connectivity index (χ3n) is 5.35. The molecule has 1 aromatic carbocycles. The molecule has 3 aromatic rings. The summed E-state index contributed by atoms with van der Waals surface area (Å²) in [6.07, 6.45) is 1.36. The number of nitrogens with zero attached hydrogens (tertiary/aromatic N) is 4. The Balaban J connectivity index is 1.66. The fourth-order valence-electron chi connectivity index (χ4n) is 3.61. The molecule has 0 radical (unpaired) electrons. The number of nitrogens with one attached hydrogen (secondary N) is 1. The highest BCUT2D eigenvalue weighted by molar-refractivity contribution is 5.89. The number of aromatic nitrogens is 3. The Morgan fingerprint density at radius 1 is 1.23 bits per heavy atom. The highest BCUT2D eigenvalue weighted by Gasteiger charge is 2.30. The number of ether oxygens (including phenoxy) is 1. The van der Waals surface area contributed by atoms with Crippen molar-refractivity contribution in [2.75, 3.05) is 43.1 Å². The van der Waals surface area contributed by atoms with Crippen molar-refractivity contribution in [1.29, 1.82) is 0 Å². The summed E-state index contributed by atoms with van der Waals surface area (Å²) in [6, 6.07) is 7.63. The number of rotatable bonds is 6. The molecule has 0 atom stereocenters. The highest BCUT2D eigenvalue weighted by Crippen LogP contribution is 2.28. The zero-order chi connectivity index (χ0) is 22.0. The van der Waals surface area contributed by atoms with Crippen molar-refractivity contribution in [1.82, 2.24) is 14.5 Å². The number of morpholine rings is 1. The number of aliphatic hydroxyl groups excluding tert-OH is 1. The van der Waals surface area contributed by atoms with Crippen molar-refractivity contribution in [2.24, 2.45) is 7.05 Å². The lowest BCUT2D eigenvalue weighted by atomic mass is 10.1. The van der Waals surface area contributed by atoms with E-state index in [1.165, 1.54) is 29.1 Å². The summed E-state index contributed by atoms with van der Waals surface area (Å²) in [5.74, 6) is -2.81. The van der Waals surface area contributed by atoms with Crippen molar-refractivity contribution < 1.29 is 18.6 Å². The molecule has 0 amide bonds. The van der Waals surface area contributed by atoms with E-state index < -0.39 is 12.5 Å². The molecule has 4 rings (SSSR count). The van der Waals surface area contributed by atoms with Crippen LogP contribution in [-0.2, 0) is 24.3 Å². The lowest BCUT2D eigenvalue weighted by Gasteiger charge is -2.28. The van der Waals surface area contributed by atoms with E-state index in [0.717, 1.165) is 0 Å². The van der Waals surface area contributed by atoms with Gasteiger partial charge in [-0.1, -0.05) is 18.2 Å². The summed E-state index contributed by atoms with van der Waals surface area (Å²) in [7, 11) is 1.66. The van der Waals surface area contributed by atoms with E-state index in [9.17, 15) is 13.6 Å². The van der Waals surface area contributed by atoms with Gasteiger partial charge >= 0.3 is 0 Å². The van der Waals surface area contributed by atoms with Gasteiger partial charge in [-0.25, -0.2) is 9.97 Å². The van der Waals surface area contributed by atoms with Gasteiger partial charge < -0.3 is 20.1 Å². The molecule has 1 aliphatic heterocycles. The molecular formula is C21H23F2N5O3. The van der Waals surface area contributed by atoms with Gasteiger partial charge in [0.05, 0.1) is 18.6 Å². The number of halogens is 2. The highest BCUT2D eigenvalue weighted by atomic mass is 19.3. The van der Waals surface area contributed by atoms with E-state index in [4.69, 9.17) is 9.84 Å². The van der Waals surface area contributed by atoms with Crippen LogP contribution in [0.4, 0.5) is 20.3 Å². The largest absolute Gasteiger partial charge is 0.390 e. The maximum absolute atomic E-state index is 13.8. The molecule has 164 valence electrons. The maximum atomic E-state index is 13.8. The number of fused-ring (bicyclic) bond motifs is 1. The SMILES string of the molecule is Cn1c(=O)c(N2CCOCC2)cc2c(NCc3cccc(C(F)(F)CO)c3)ncnc21. The molecule has 0 spiro atoms. The summed E-state index contributed by atoms with van der Waals surface area (Å²) in [4.78, 5) is 23.4. The van der Waals surface area contributed by atoms with Crippen molar-refractivity contribution in [3.63, 3.8) is 0 Å². The van der Waals surface area contributed by atoms with Crippen LogP contribution >= 0.6 is 0 Å². The van der Waals surface area contributed by atoms with Gasteiger partial charge in [-0.05, 0) is 17.7 Å². The molecule has 1 aliphatic rings. The second kappa shape index (κ2) is 8.56. The van der Waals surface area contributed by atoms with Crippen LogP contribution in [0.2, 0.25) is 0 Å². The van der Waals surface area contributed by atoms with Gasteiger partial charge in [0, 0.05) is 32.2 Å². The summed E-state index contributed by atoms with van der Waals surface area (Å²) < 4.78 is 34.5. The predicted molar refractivity (Wildman–Crippen MR) is 113 cm³/mol. The number of hydrogen-bond donors (Lipinski definition) is 2. The van der Waals surface area contributed by atoms with Crippen LogP contribution in [0.25, 0.3) is 11.0 Å². The predicted octanol–water partition coefficient (Wildman–Crippen LogP) is 1.86. The Morgan fingerprint density at radius 2 is 2.00 bits per heavy atom. The Hall–Kier alpha value is -3.11. The molecule has 1 fully saturated rings. The molecule has 1 saturated heterocycles. The van der Waals surface area contributed by atoms with Gasteiger partial charge in [-0.3, -0.25) is 9.36 Å². The van der Waals surface area contributed by atoms with Crippen molar-refractivity contribution in [3.05, 3.63) is 58.1 Å². The average Bonchev–Trinajstić information content (AvgIpc) is 2.80. The molecule has 0 unspecified atom stereocenters. The van der Waals surface area contributed by atoms with Gasteiger partial charge in [-0.2, -0.15) is 8.78 Å². The first-order chi connectivity index (χ1) is 14.9. The summed E-state index contributed by atoms with van der Waals surface area (Å²) in [5, 5.41) is 12.7. The number of alkyl halides is 2. The van der Waals surface area contributed by atoms with Gasteiger partial charge in [0.15, 0.2) is 0 Å². The van der Waals surface area contributed by atoms with Crippen LogP contribution in [-0.4, -0.2) is 52.6 Å². The molecule has 0 bridgehead atoms. The molecule has 0 aliphatic carbocycles. The Bertz CT molecular complexity index is 1150. The number of pyridine rings is 1. The number of aryl methyl sites for hydroxylation is 1. The van der Waals surface area contributed by atoms with Crippen molar-refractivity contribution >= 4 is 22.5 Å². The van der Waals surface area contributed by atoms with E-state index in [2.05, 4.69) is 15.3 Å². The minimum Gasteiger partial charge on any atom is -0.390 e. The quantitative estimate of drug-likeness (QED) is 0.616. The lowest BCUT2D eigenvalue weighted by molar-refractivity contribution is -0.0556. The van der Waals surface area contributed by atoms with E-state index >= 15 is 0 Å². The van der Waals surface area contributed by atoms with E-state index in [1.54, 1.807) is 19.2 Å². The maximum Gasteiger partial charge on any atom is 0.295 e. The monoisotopic (exact) mass is 431 g/mol. The van der Waals surface area contributed by atoms with Gasteiger partial charge in [0.25, 0.3) is 11.5 Å². The third kappa shape index (κ3) is 4.21. The zero-order valence-electron chi connectivity index (χ0n) is 17.0. The summed E-state index contributed by atoms with van der Waals surface area (Å²) in [6.45, 7) is 1.31.